The van der Waals surface area contributed by atoms with Crippen molar-refractivity contribution < 1.29 is 18.9 Å². The molecule has 2 aliphatic heterocycles. The summed E-state index contributed by atoms with van der Waals surface area (Å²) in [5.41, 5.74) is 3.32. The van der Waals surface area contributed by atoms with Crippen molar-refractivity contribution in [2.45, 2.75) is 98.7 Å². The van der Waals surface area contributed by atoms with E-state index in [1.807, 2.05) is 97.0 Å². The number of nitriles is 2. The summed E-state index contributed by atoms with van der Waals surface area (Å²) in [4.78, 5) is 0. The number of hydrogen-bond acceptors (Lipinski definition) is 6. The van der Waals surface area contributed by atoms with Crippen molar-refractivity contribution in [3.05, 3.63) is 112 Å². The summed E-state index contributed by atoms with van der Waals surface area (Å²) in [6, 6.07) is 14.9. The molecule has 2 heterocycles. The molecule has 49 heavy (non-hydrogen) atoms. The SMILES string of the molecule is C=CC1=C(/C(=C(C)/C=C\C=C/C)c2c3c(cc4ccccc24)OC(C)C(C)(C)O3)Oc2c(C#N)c3c(c(C#N)c2O1)C(C)(C)C3(C)C.CC. The normalized spacial score (nSPS) is 19.6. The Morgan fingerprint density at radius 1 is 0.878 bits per heavy atom. The summed E-state index contributed by atoms with van der Waals surface area (Å²) in [5, 5.41) is 23.0. The van der Waals surface area contributed by atoms with Crippen LogP contribution in [0, 0.1) is 22.7 Å². The van der Waals surface area contributed by atoms with E-state index in [1.54, 1.807) is 6.08 Å². The molecule has 3 aliphatic rings. The van der Waals surface area contributed by atoms with Gasteiger partial charge in [0, 0.05) is 22.0 Å². The monoisotopic (exact) mass is 654 g/mol. The lowest BCUT2D eigenvalue weighted by atomic mass is 9.47. The van der Waals surface area contributed by atoms with Gasteiger partial charge in [-0.3, -0.25) is 0 Å². The topological polar surface area (TPSA) is 84.5 Å². The smallest absolute Gasteiger partial charge is 0.189 e. The summed E-state index contributed by atoms with van der Waals surface area (Å²) in [5.74, 6) is 2.38. The fourth-order valence-electron chi connectivity index (χ4n) is 6.84. The second kappa shape index (κ2) is 12.7. The number of fused-ring (bicyclic) bond motifs is 4. The number of benzene rings is 3. The Kier molecular flexibility index (Phi) is 9.09. The van der Waals surface area contributed by atoms with Crippen molar-refractivity contribution in [1.82, 2.24) is 0 Å². The highest BCUT2D eigenvalue weighted by atomic mass is 16.6. The van der Waals surface area contributed by atoms with Crippen molar-refractivity contribution in [2.75, 3.05) is 0 Å². The first-order valence-electron chi connectivity index (χ1n) is 16.9. The molecule has 3 aromatic rings. The Morgan fingerprint density at radius 3 is 2.04 bits per heavy atom. The molecule has 0 saturated heterocycles. The number of hydrogen-bond donors (Lipinski definition) is 0. The van der Waals surface area contributed by atoms with Crippen LogP contribution in [0.4, 0.5) is 0 Å². The van der Waals surface area contributed by atoms with Crippen LogP contribution < -0.4 is 18.9 Å². The minimum atomic E-state index is -0.632. The molecule has 6 heteroatoms. The van der Waals surface area contributed by atoms with Crippen LogP contribution in [0.3, 0.4) is 0 Å². The molecule has 0 bridgehead atoms. The van der Waals surface area contributed by atoms with Gasteiger partial charge in [-0.25, -0.2) is 0 Å². The van der Waals surface area contributed by atoms with Gasteiger partial charge in [-0.15, -0.1) is 0 Å². The molecule has 6 nitrogen and oxygen atoms in total. The third-order valence-corrected chi connectivity index (χ3v) is 10.4. The molecule has 3 aromatic carbocycles. The Hall–Kier alpha value is -5.20. The van der Waals surface area contributed by atoms with E-state index in [0.717, 1.165) is 33.0 Å². The highest BCUT2D eigenvalue weighted by Gasteiger charge is 2.56. The molecule has 0 radical (unpaired) electrons. The second-order valence-corrected chi connectivity index (χ2v) is 13.9. The van der Waals surface area contributed by atoms with E-state index in [1.165, 1.54) is 0 Å². The van der Waals surface area contributed by atoms with Gasteiger partial charge in [0.2, 0.25) is 0 Å². The maximum absolute atomic E-state index is 10.6. The van der Waals surface area contributed by atoms with Gasteiger partial charge in [-0.1, -0.05) is 96.7 Å². The molecular weight excluding hydrogens is 608 g/mol. The maximum Gasteiger partial charge on any atom is 0.189 e. The molecule has 0 spiro atoms. The van der Waals surface area contributed by atoms with Crippen molar-refractivity contribution in [2.24, 2.45) is 0 Å². The van der Waals surface area contributed by atoms with Gasteiger partial charge in [0.25, 0.3) is 0 Å². The van der Waals surface area contributed by atoms with Gasteiger partial charge < -0.3 is 18.9 Å². The van der Waals surface area contributed by atoms with Crippen LogP contribution in [0.5, 0.6) is 23.0 Å². The molecule has 6 rings (SSSR count). The minimum absolute atomic E-state index is 0.204. The molecule has 0 amide bonds. The average Bonchev–Trinajstić information content (AvgIpc) is 3.08. The Morgan fingerprint density at radius 2 is 1.47 bits per heavy atom. The molecule has 252 valence electrons. The molecular formula is C43H46N2O4. The lowest BCUT2D eigenvalue weighted by Crippen LogP contribution is -2.52. The molecule has 0 fully saturated rings. The van der Waals surface area contributed by atoms with Crippen LogP contribution >= 0.6 is 0 Å². The lowest BCUT2D eigenvalue weighted by molar-refractivity contribution is -0.0325. The number of allylic oxidation sites excluding steroid dienone is 7. The zero-order valence-corrected chi connectivity index (χ0v) is 30.6. The van der Waals surface area contributed by atoms with E-state index < -0.39 is 5.60 Å². The zero-order chi connectivity index (χ0) is 36.1. The van der Waals surface area contributed by atoms with Crippen molar-refractivity contribution in [3.8, 4) is 35.1 Å². The predicted molar refractivity (Wildman–Crippen MR) is 197 cm³/mol. The van der Waals surface area contributed by atoms with Crippen molar-refractivity contribution in [1.29, 1.82) is 10.5 Å². The summed E-state index contributed by atoms with van der Waals surface area (Å²) < 4.78 is 26.8. The highest BCUT2D eigenvalue weighted by Crippen LogP contribution is 2.63. The molecule has 0 saturated carbocycles. The van der Waals surface area contributed by atoms with E-state index in [4.69, 9.17) is 18.9 Å². The van der Waals surface area contributed by atoms with E-state index in [-0.39, 0.29) is 28.4 Å². The van der Waals surface area contributed by atoms with Crippen LogP contribution in [-0.4, -0.2) is 11.7 Å². The first-order chi connectivity index (χ1) is 23.2. The highest BCUT2D eigenvalue weighted by molar-refractivity contribution is 6.03. The Balaban J connectivity index is 0.00000230. The van der Waals surface area contributed by atoms with Crippen LogP contribution in [0.1, 0.15) is 104 Å². The van der Waals surface area contributed by atoms with E-state index in [0.29, 0.717) is 39.7 Å². The predicted octanol–water partition coefficient (Wildman–Crippen LogP) is 10.9. The van der Waals surface area contributed by atoms with Gasteiger partial charge in [0.15, 0.2) is 34.5 Å². The molecule has 0 N–H and O–H groups in total. The third kappa shape index (κ3) is 5.22. The second-order valence-electron chi connectivity index (χ2n) is 13.9. The molecule has 0 aromatic heterocycles. The third-order valence-electron chi connectivity index (χ3n) is 10.4. The Labute approximate surface area is 291 Å². The summed E-state index contributed by atoms with van der Waals surface area (Å²) >= 11 is 0. The van der Waals surface area contributed by atoms with Crippen LogP contribution in [0.25, 0.3) is 16.3 Å². The van der Waals surface area contributed by atoms with Gasteiger partial charge in [0.1, 0.15) is 35.0 Å². The lowest BCUT2D eigenvalue weighted by Gasteiger charge is -2.55. The van der Waals surface area contributed by atoms with Crippen LogP contribution in [-0.2, 0) is 10.8 Å². The Bertz CT molecular complexity index is 2090. The first-order valence-corrected chi connectivity index (χ1v) is 16.9. The summed E-state index contributed by atoms with van der Waals surface area (Å²) in [6.45, 7) is 26.5. The largest absolute Gasteiger partial charge is 0.483 e. The first kappa shape index (κ1) is 35.1. The quantitative estimate of drug-likeness (QED) is 0.255. The van der Waals surface area contributed by atoms with Crippen molar-refractivity contribution >= 4 is 16.3 Å². The van der Waals surface area contributed by atoms with Gasteiger partial charge in [0.05, 0.1) is 0 Å². The minimum Gasteiger partial charge on any atom is -0.483 e. The molecule has 1 unspecified atom stereocenters. The number of rotatable bonds is 5. The average molecular weight is 655 g/mol. The standard InChI is InChI=1S/C41H40N2O4.C2H6/c1-11-13-14-17-23(3)31(32-26-19-16-15-18-25(26)20-30-38(32)47-41(9,10)24(4)44-30)37-29(12-2)45-35-27(21-42)33-34(28(22-43)36(35)46-37)40(7,8)39(33,5)6;1-2/h11-20,24H,2H2,1,3-10H3;1-2H3/b13-11-,17-14-,31-23+;. The number of ether oxygens (including phenoxy) is 4. The number of nitrogens with zero attached hydrogens (tertiary/aromatic N) is 2. The van der Waals surface area contributed by atoms with E-state index in [9.17, 15) is 10.5 Å². The zero-order valence-electron chi connectivity index (χ0n) is 30.6. The van der Waals surface area contributed by atoms with E-state index >= 15 is 0 Å². The van der Waals surface area contributed by atoms with Crippen LogP contribution in [0.2, 0.25) is 0 Å². The fraction of sp³-hybridized carbons (Fsp3) is 0.349. The van der Waals surface area contributed by atoms with Gasteiger partial charge in [-0.05, 0) is 74.2 Å². The molecule has 1 aliphatic carbocycles. The van der Waals surface area contributed by atoms with Crippen LogP contribution in [0.15, 0.2) is 84.4 Å². The molecule has 1 atom stereocenters. The van der Waals surface area contributed by atoms with Crippen molar-refractivity contribution in [3.63, 3.8) is 0 Å². The van der Waals surface area contributed by atoms with Gasteiger partial charge in [-0.2, -0.15) is 10.5 Å². The van der Waals surface area contributed by atoms with E-state index in [2.05, 4.69) is 52.5 Å². The summed E-state index contributed by atoms with van der Waals surface area (Å²) in [7, 11) is 0. The maximum atomic E-state index is 10.6. The van der Waals surface area contributed by atoms with Gasteiger partial charge >= 0.3 is 0 Å². The fourth-order valence-corrected chi connectivity index (χ4v) is 6.84. The summed E-state index contributed by atoms with van der Waals surface area (Å²) in [6.07, 6.45) is 9.26.